The van der Waals surface area contributed by atoms with Crippen LogP contribution in [0.15, 0.2) is 20.0 Å². The van der Waals surface area contributed by atoms with E-state index in [1.165, 1.54) is 0 Å². The van der Waals surface area contributed by atoms with Gasteiger partial charge in [-0.15, -0.1) is 0 Å². The molecule has 0 heterocycles. The monoisotopic (exact) mass is 864 g/mol. The highest BCUT2D eigenvalue weighted by atomic mass is 32.3. The summed E-state index contributed by atoms with van der Waals surface area (Å²) in [6.45, 7) is 2.84. The molecule has 0 amide bonds. The Kier molecular flexibility index (Phi) is 43.0. The van der Waals surface area contributed by atoms with E-state index in [-0.39, 0.29) is 23.8 Å². The average Bonchev–Trinajstić information content (AvgIpc) is 2.97. The number of nitrogens with two attached hydrogens (primary N) is 10. The minimum absolute atomic E-state index is 0.169. The van der Waals surface area contributed by atoms with Crippen LogP contribution in [0.2, 0.25) is 0 Å². The molecule has 55 heavy (non-hydrogen) atoms. The molecule has 0 spiro atoms. The number of rotatable bonds is 24. The van der Waals surface area contributed by atoms with Crippen LogP contribution in [0.3, 0.4) is 0 Å². The summed E-state index contributed by atoms with van der Waals surface area (Å²) >= 11 is 0. The fraction of sp³-hybridized carbons (Fsp3) is 0.846. The lowest BCUT2D eigenvalue weighted by Crippen LogP contribution is -2.23. The molecule has 29 heteroatoms. The average molecular weight is 865 g/mol. The van der Waals surface area contributed by atoms with Crippen molar-refractivity contribution < 1.29 is 52.6 Å². The highest BCUT2D eigenvalue weighted by Crippen LogP contribution is 2.10. The number of hydrogen-bond acceptors (Lipinski definition) is 12. The molecule has 0 unspecified atom stereocenters. The molecule has 0 aliphatic rings. The van der Waals surface area contributed by atoms with Gasteiger partial charge in [-0.2, -0.15) is 25.3 Å². The smallest absolute Gasteiger partial charge is 0.370 e. The number of hydrogen-bond donors (Lipinski definition) is 16. The van der Waals surface area contributed by atoms with Crippen molar-refractivity contribution in [3.63, 3.8) is 0 Å². The third-order valence-electron chi connectivity index (χ3n) is 6.11. The second-order valence-electron chi connectivity index (χ2n) is 11.5. The summed E-state index contributed by atoms with van der Waals surface area (Å²) in [5.41, 5.74) is 54.1. The van der Waals surface area contributed by atoms with Crippen LogP contribution in [0.25, 0.3) is 0 Å². The van der Waals surface area contributed by atoms with Crippen molar-refractivity contribution in [3.8, 4) is 0 Å². The lowest BCUT2D eigenvalue weighted by atomic mass is 10.0. The number of nitrogens with zero attached hydrogens (tertiary/aromatic N) is 4. The van der Waals surface area contributed by atoms with Crippen LogP contribution in [0.5, 0.6) is 0 Å². The van der Waals surface area contributed by atoms with Crippen LogP contribution in [0, 0.1) is 0 Å². The lowest BCUT2D eigenvalue weighted by molar-refractivity contribution is 0.378. The maximum atomic E-state index is 8.74. The molecule has 0 radical (unpaired) electrons. The van der Waals surface area contributed by atoms with Crippen LogP contribution in [0.1, 0.15) is 103 Å². The minimum Gasteiger partial charge on any atom is -0.370 e. The summed E-state index contributed by atoms with van der Waals surface area (Å²) in [6.07, 6.45) is 17.3. The molecule has 0 fully saturated rings. The van der Waals surface area contributed by atoms with Gasteiger partial charge in [-0.1, -0.05) is 51.4 Å². The second kappa shape index (κ2) is 38.9. The Balaban J connectivity index is -0.000000221. The van der Waals surface area contributed by atoms with Gasteiger partial charge < -0.3 is 57.3 Å². The summed E-state index contributed by atoms with van der Waals surface area (Å²) in [4.78, 5) is 15.8. The molecule has 0 bridgehead atoms. The fourth-order valence-electron chi connectivity index (χ4n) is 3.90. The summed E-state index contributed by atoms with van der Waals surface area (Å²) < 4.78 is 94.8. The number of guanidine groups is 4. The van der Waals surface area contributed by atoms with Crippen molar-refractivity contribution in [2.45, 2.75) is 115 Å². The van der Waals surface area contributed by atoms with Gasteiger partial charge in [0, 0.05) is 38.3 Å². The van der Waals surface area contributed by atoms with E-state index in [1.54, 1.807) is 0 Å². The Morgan fingerprint density at radius 1 is 0.345 bits per heavy atom. The zero-order chi connectivity index (χ0) is 43.9. The Morgan fingerprint density at radius 3 is 0.618 bits per heavy atom. The summed E-state index contributed by atoms with van der Waals surface area (Å²) in [6, 6.07) is 0.585. The molecule has 0 aromatic heterocycles. The van der Waals surface area contributed by atoms with Gasteiger partial charge in [0.05, 0.1) is 0 Å². The molecule has 26 nitrogen and oxygen atoms in total. The molecule has 0 aromatic rings. The minimum atomic E-state index is -4.67. The molecule has 0 atom stereocenters. The first kappa shape index (κ1) is 60.8. The van der Waals surface area contributed by atoms with E-state index >= 15 is 0 Å². The third-order valence-corrected chi connectivity index (χ3v) is 6.11. The van der Waals surface area contributed by atoms with Crippen molar-refractivity contribution in [3.05, 3.63) is 0 Å². The quantitative estimate of drug-likeness (QED) is 0.0216. The molecule has 0 aliphatic heterocycles. The Morgan fingerprint density at radius 2 is 0.491 bits per heavy atom. The van der Waals surface area contributed by atoms with Crippen LogP contribution in [-0.4, -0.2) is 115 Å². The third kappa shape index (κ3) is 112. The van der Waals surface area contributed by atoms with Gasteiger partial charge in [0.1, 0.15) is 0 Å². The molecular weight excluding hydrogens is 797 g/mol. The summed E-state index contributed by atoms with van der Waals surface area (Å²) in [5, 5.41) is 0. The van der Waals surface area contributed by atoms with E-state index < -0.39 is 31.2 Å². The zero-order valence-electron chi connectivity index (χ0n) is 31.2. The standard InChI is InChI=1S/2C13H31N7.3H2O4S/c2*14-11(7-3-1-5-9-19-12(15)16)8-4-2-6-10-20-13(17)18;3*1-5(2,3)4/h2*11H,1-10,14H2,(H4,15,16,19)(H4,17,18,20);3*(H2,1,2,3,4). The largest absolute Gasteiger partial charge is 0.394 e. The maximum Gasteiger partial charge on any atom is 0.394 e. The normalized spacial score (nSPS) is 10.8. The number of unbranched alkanes of at least 4 members (excludes halogenated alkanes) is 8. The summed E-state index contributed by atoms with van der Waals surface area (Å²) in [5.74, 6) is 0.676. The molecule has 332 valence electrons. The van der Waals surface area contributed by atoms with Crippen molar-refractivity contribution in [1.29, 1.82) is 0 Å². The van der Waals surface area contributed by atoms with Gasteiger partial charge in [0.2, 0.25) is 0 Å². The van der Waals surface area contributed by atoms with E-state index in [0.29, 0.717) is 38.3 Å². The van der Waals surface area contributed by atoms with Crippen LogP contribution < -0.4 is 57.3 Å². The van der Waals surface area contributed by atoms with E-state index in [2.05, 4.69) is 20.0 Å². The predicted molar refractivity (Wildman–Crippen MR) is 215 cm³/mol. The van der Waals surface area contributed by atoms with Crippen molar-refractivity contribution in [1.82, 2.24) is 0 Å². The van der Waals surface area contributed by atoms with E-state index in [9.17, 15) is 0 Å². The van der Waals surface area contributed by atoms with Gasteiger partial charge in [-0.3, -0.25) is 47.3 Å². The first-order valence-electron chi connectivity index (χ1n) is 16.9. The molecule has 0 saturated carbocycles. The van der Waals surface area contributed by atoms with Crippen molar-refractivity contribution >= 4 is 55.0 Å². The second-order valence-corrected chi connectivity index (χ2v) is 14.2. The first-order chi connectivity index (χ1) is 25.0. The van der Waals surface area contributed by atoms with E-state index in [0.717, 1.165) is 103 Å². The highest BCUT2D eigenvalue weighted by molar-refractivity contribution is 7.80. The zero-order valence-corrected chi connectivity index (χ0v) is 33.7. The highest BCUT2D eigenvalue weighted by Gasteiger charge is 2.03. The van der Waals surface area contributed by atoms with Crippen LogP contribution in [0.4, 0.5) is 0 Å². The first-order valence-corrected chi connectivity index (χ1v) is 21.1. The molecule has 0 aromatic carbocycles. The Labute approximate surface area is 325 Å². The molecular formula is C26H68N14O12S3. The van der Waals surface area contributed by atoms with E-state index in [4.69, 9.17) is 110 Å². The van der Waals surface area contributed by atoms with Crippen molar-refractivity contribution in [2.75, 3.05) is 26.2 Å². The van der Waals surface area contributed by atoms with Gasteiger partial charge in [0.15, 0.2) is 23.8 Å². The number of aliphatic imine (C=N–C) groups is 4. The topological polar surface area (TPSA) is 533 Å². The van der Waals surface area contributed by atoms with Crippen LogP contribution >= 0.6 is 0 Å². The van der Waals surface area contributed by atoms with Crippen molar-refractivity contribution in [2.24, 2.45) is 77.3 Å². The van der Waals surface area contributed by atoms with Crippen LogP contribution in [-0.2, 0) is 31.2 Å². The molecule has 0 rings (SSSR count). The van der Waals surface area contributed by atoms with Gasteiger partial charge >= 0.3 is 31.2 Å². The SMILES string of the molecule is NC(N)=NCCCCCC(N)CCCCCN=C(N)N.NC(N)=NCCCCCC(N)CCCCCN=C(N)N.O=S(=O)(O)O.O=S(=O)(O)O.O=S(=O)(O)O. The van der Waals surface area contributed by atoms with E-state index in [1.807, 2.05) is 0 Å². The Hall–Kier alpha value is -3.39. The maximum absolute atomic E-state index is 8.74. The predicted octanol–water partition coefficient (Wildman–Crippen LogP) is -2.00. The fourth-order valence-corrected chi connectivity index (χ4v) is 3.90. The molecule has 0 aliphatic carbocycles. The summed E-state index contributed by atoms with van der Waals surface area (Å²) in [7, 11) is -14.0. The molecule has 0 saturated heterocycles. The van der Waals surface area contributed by atoms with Gasteiger partial charge in [0.25, 0.3) is 0 Å². The Bertz CT molecular complexity index is 1140. The molecule has 26 N–H and O–H groups in total. The lowest BCUT2D eigenvalue weighted by Gasteiger charge is -2.10. The van der Waals surface area contributed by atoms with Gasteiger partial charge in [-0.05, 0) is 51.4 Å². The van der Waals surface area contributed by atoms with Gasteiger partial charge in [-0.25, -0.2) is 0 Å².